The normalized spacial score (nSPS) is 15.8. The number of alkyl halides is 6. The van der Waals surface area contributed by atoms with Crippen LogP contribution in [-0.4, -0.2) is 44.5 Å². The van der Waals surface area contributed by atoms with E-state index in [0.717, 1.165) is 46.5 Å². The van der Waals surface area contributed by atoms with Gasteiger partial charge in [-0.05, 0) is 76.2 Å². The number of ketones is 1. The third-order valence-corrected chi connectivity index (χ3v) is 12.5. The Kier molecular flexibility index (Phi) is 11.7. The topological polar surface area (TPSA) is 136 Å². The minimum atomic E-state index is -6.16. The molecule has 0 atom stereocenters. The lowest BCUT2D eigenvalue weighted by molar-refractivity contribution is -0.111. The standard InChI is InChI=1S/C46H36F6N4O6S2/c1-27-5-13-31(14-6-27)55(32-15-7-28(2)8-16-32)35-21-23-37(39(25-35)53-63(59,60)45(47,48)49)41-43(57)42(44(41)58)38-24-22-36(26-40(38)54-64(61,62)46(50,51)52)56(33-17-9-29(3)10-18-33)34-19-11-30(4)12-20-34/h5-26H,1-4H3,(H2,53,54,57,58)/p+1. The van der Waals surface area contributed by atoms with Crippen molar-refractivity contribution in [2.75, 3.05) is 9.62 Å². The molecule has 3 N–H and O–H groups in total. The number of nitrogens with zero attached hydrogens (tertiary/aromatic N) is 2. The van der Waals surface area contributed by atoms with E-state index in [1.165, 1.54) is 21.6 Å². The summed E-state index contributed by atoms with van der Waals surface area (Å²) in [6, 6.07) is 31.6. The molecule has 64 heavy (non-hydrogen) atoms. The fourth-order valence-corrected chi connectivity index (χ4v) is 8.07. The number of anilines is 4. The zero-order valence-corrected chi connectivity index (χ0v) is 35.8. The smallest absolute Gasteiger partial charge is 0.506 e. The van der Waals surface area contributed by atoms with Crippen LogP contribution in [0.15, 0.2) is 156 Å². The van der Waals surface area contributed by atoms with E-state index >= 15 is 0 Å². The molecule has 18 heteroatoms. The van der Waals surface area contributed by atoms with Crippen molar-refractivity contribution in [2.24, 2.45) is 0 Å². The Balaban J connectivity index is 1.43. The van der Waals surface area contributed by atoms with Crippen molar-refractivity contribution in [1.29, 1.82) is 0 Å². The molecule has 0 bridgehead atoms. The molecule has 2 aliphatic carbocycles. The average Bonchev–Trinajstić information content (AvgIpc) is 3.21. The van der Waals surface area contributed by atoms with E-state index in [-0.39, 0.29) is 11.4 Å². The molecule has 0 spiro atoms. The van der Waals surface area contributed by atoms with Crippen LogP contribution in [0.5, 0.6) is 0 Å². The van der Waals surface area contributed by atoms with Crippen LogP contribution in [0.2, 0.25) is 0 Å². The Bertz CT molecular complexity index is 2990. The predicted molar refractivity (Wildman–Crippen MR) is 235 cm³/mol. The van der Waals surface area contributed by atoms with Crippen LogP contribution < -0.4 is 18.9 Å². The molecular weight excluding hydrogens is 883 g/mol. The number of hydrogen-bond donors (Lipinski definition) is 3. The van der Waals surface area contributed by atoms with Gasteiger partial charge in [0.25, 0.3) is 0 Å². The van der Waals surface area contributed by atoms with Crippen LogP contribution in [0.25, 0.3) is 5.57 Å². The van der Waals surface area contributed by atoms with E-state index in [1.54, 1.807) is 107 Å². The maximum Gasteiger partial charge on any atom is 0.516 e. The molecular formula is C46H37F6N4O6S2+. The highest BCUT2D eigenvalue weighted by Crippen LogP contribution is 2.46. The Labute approximate surface area is 364 Å². The van der Waals surface area contributed by atoms with Crippen LogP contribution in [0.4, 0.5) is 60.5 Å². The van der Waals surface area contributed by atoms with E-state index in [9.17, 15) is 53.1 Å². The Morgan fingerprint density at radius 3 is 1.42 bits per heavy atom. The number of halogens is 6. The fourth-order valence-electron chi connectivity index (χ4n) is 6.92. The number of carbonyl (C=O) groups excluding carboxylic acids is 1. The molecule has 2 aliphatic rings. The molecule has 0 aliphatic heterocycles. The lowest BCUT2D eigenvalue weighted by Gasteiger charge is -2.29. The second-order valence-corrected chi connectivity index (χ2v) is 18.4. The molecule has 0 amide bonds. The first-order valence-electron chi connectivity index (χ1n) is 19.1. The number of aryl methyl sites for hydroxylation is 4. The predicted octanol–water partition coefficient (Wildman–Crippen LogP) is 10.7. The second-order valence-electron chi connectivity index (χ2n) is 15.0. The van der Waals surface area contributed by atoms with Crippen molar-refractivity contribution >= 4 is 71.2 Å². The summed E-state index contributed by atoms with van der Waals surface area (Å²) < 4.78 is 139. The number of rotatable bonds is 10. The minimum absolute atomic E-state index is 0.124. The molecule has 0 radical (unpaired) electrons. The first kappa shape index (κ1) is 45.1. The molecule has 7 rings (SSSR count). The maximum atomic E-state index is 14.2. The zero-order chi connectivity index (χ0) is 46.5. The molecule has 0 unspecified atom stereocenters. The number of benzene rings is 5. The monoisotopic (exact) mass is 919 g/mol. The summed E-state index contributed by atoms with van der Waals surface area (Å²) in [6.45, 7) is 7.37. The quantitative estimate of drug-likeness (QED) is 0.0721. The average molecular weight is 920 g/mol. The lowest BCUT2D eigenvalue weighted by atomic mass is 9.79. The lowest BCUT2D eigenvalue weighted by Crippen LogP contribution is -2.38. The van der Waals surface area contributed by atoms with Gasteiger partial charge < -0.3 is 10.0 Å². The highest BCUT2D eigenvalue weighted by molar-refractivity contribution is 7.93. The number of aliphatic hydroxyl groups is 1. The van der Waals surface area contributed by atoms with Crippen molar-refractivity contribution < 1.29 is 53.1 Å². The van der Waals surface area contributed by atoms with Gasteiger partial charge in [-0.1, -0.05) is 70.8 Å². The number of Topliss-reactive ketones (excluding diaryl/α,β-unsaturated/α-hetero) is 1. The van der Waals surface area contributed by atoms with E-state index in [2.05, 4.69) is 0 Å². The maximum absolute atomic E-state index is 14.2. The summed E-state index contributed by atoms with van der Waals surface area (Å²) in [5.74, 6) is -2.12. The molecule has 330 valence electrons. The molecule has 0 saturated carbocycles. The zero-order valence-electron chi connectivity index (χ0n) is 34.2. The van der Waals surface area contributed by atoms with Crippen LogP contribution in [0, 0.1) is 27.7 Å². The number of hydrogen-bond acceptors (Lipinski definition) is 7. The molecule has 5 aromatic rings. The van der Waals surface area contributed by atoms with Gasteiger partial charge in [-0.25, -0.2) is 0 Å². The molecule has 10 nitrogen and oxygen atoms in total. The van der Waals surface area contributed by atoms with Gasteiger partial charge in [0.2, 0.25) is 22.9 Å². The first-order chi connectivity index (χ1) is 30.0. The van der Waals surface area contributed by atoms with Gasteiger partial charge in [0, 0.05) is 64.6 Å². The van der Waals surface area contributed by atoms with Gasteiger partial charge in [0.05, 0.1) is 22.5 Å². The molecule has 0 fully saturated rings. The van der Waals surface area contributed by atoms with Crippen molar-refractivity contribution in [3.8, 4) is 0 Å². The van der Waals surface area contributed by atoms with Crippen molar-refractivity contribution in [3.63, 3.8) is 0 Å². The van der Waals surface area contributed by atoms with Crippen molar-refractivity contribution in [1.82, 2.24) is 9.30 Å². The van der Waals surface area contributed by atoms with Gasteiger partial charge in [0.1, 0.15) is 5.76 Å². The fraction of sp³-hybridized carbons (Fsp3) is 0.130. The van der Waals surface area contributed by atoms with Gasteiger partial charge in [0.15, 0.2) is 0 Å². The highest BCUT2D eigenvalue weighted by atomic mass is 32.2. The van der Waals surface area contributed by atoms with E-state index in [4.69, 9.17) is 0 Å². The van der Waals surface area contributed by atoms with Crippen molar-refractivity contribution in [2.45, 2.75) is 38.7 Å². The summed E-state index contributed by atoms with van der Waals surface area (Å²) >= 11 is 0. The van der Waals surface area contributed by atoms with Crippen LogP contribution >= 0.6 is 0 Å². The van der Waals surface area contributed by atoms with E-state index in [0.29, 0.717) is 22.7 Å². The van der Waals surface area contributed by atoms with E-state index < -0.39 is 76.3 Å². The van der Waals surface area contributed by atoms with E-state index in [1.807, 2.05) is 27.7 Å². The summed E-state index contributed by atoms with van der Waals surface area (Å²) in [4.78, 5) is 15.8. The summed E-state index contributed by atoms with van der Waals surface area (Å²) in [6.07, 6.45) is 3.51. The minimum Gasteiger partial charge on any atom is -0.506 e. The first-order valence-corrected chi connectivity index (χ1v) is 22.1. The number of sulfonamides is 2. The Morgan fingerprint density at radius 1 is 0.562 bits per heavy atom. The van der Waals surface area contributed by atoms with Crippen LogP contribution in [0.3, 0.4) is 0 Å². The number of aliphatic hydroxyl groups excluding tert-OH is 1. The van der Waals surface area contributed by atoms with Gasteiger partial charge in [-0.2, -0.15) is 47.8 Å². The third-order valence-electron chi connectivity index (χ3n) is 10.3. The van der Waals surface area contributed by atoms with Crippen LogP contribution in [-0.2, 0) is 24.8 Å². The third kappa shape index (κ3) is 8.83. The summed E-state index contributed by atoms with van der Waals surface area (Å²) in [5, 5.41) is 11.6. The molecule has 0 saturated heterocycles. The van der Waals surface area contributed by atoms with Gasteiger partial charge in [-0.3, -0.25) is 14.2 Å². The molecule has 5 aromatic carbocycles. The van der Waals surface area contributed by atoms with Gasteiger partial charge >= 0.3 is 31.1 Å². The number of nitrogens with one attached hydrogen (secondary N) is 2. The van der Waals surface area contributed by atoms with Crippen molar-refractivity contribution in [3.05, 3.63) is 184 Å². The summed E-state index contributed by atoms with van der Waals surface area (Å²) in [5.41, 5.74) is -9.80. The number of carbonyl (C=O) groups is 1. The Hall–Kier alpha value is -6.92. The number of allylic oxidation sites excluding steroid dienone is 5. The molecule has 0 heterocycles. The SMILES string of the molecule is Cc1ccc(N(c2ccc(C)cc2)c2ccc(C3=C(O)/C(=C4/C=CC(=[N+](c5ccc(C)cc5)c5ccc(C)cc5)C=C4NS(=O)(=O)C(F)(F)F)C3=O)c(NS(=O)(=O)C(F)(F)F)c2)cc1. The largest absolute Gasteiger partial charge is 0.516 e. The Morgan fingerprint density at radius 2 is 0.984 bits per heavy atom. The summed E-state index contributed by atoms with van der Waals surface area (Å²) in [7, 11) is -12.3. The molecule has 0 aromatic heterocycles. The highest BCUT2D eigenvalue weighted by Gasteiger charge is 2.49. The van der Waals surface area contributed by atoms with Crippen LogP contribution in [0.1, 0.15) is 27.8 Å². The van der Waals surface area contributed by atoms with Gasteiger partial charge in [-0.15, -0.1) is 0 Å². The second kappa shape index (κ2) is 16.7.